The molecule has 0 spiro atoms. The molecule has 308 valence electrons. The second-order valence-corrected chi connectivity index (χ2v) is 19.8. The Balaban J connectivity index is 1.10. The zero-order valence-electron chi connectivity index (χ0n) is 38.4. The second kappa shape index (κ2) is 13.9. The van der Waals surface area contributed by atoms with E-state index in [-0.39, 0.29) is 10.8 Å². The summed E-state index contributed by atoms with van der Waals surface area (Å²) in [6.07, 6.45) is 0. The fourth-order valence-corrected chi connectivity index (χ4v) is 11.4. The Morgan fingerprint density at radius 3 is 1.17 bits per heavy atom. The van der Waals surface area contributed by atoms with Gasteiger partial charge >= 0.3 is 0 Å². The molecule has 0 aromatic heterocycles. The van der Waals surface area contributed by atoms with E-state index in [2.05, 4.69) is 226 Å². The average Bonchev–Trinajstić information content (AvgIpc) is 3.64. The van der Waals surface area contributed by atoms with Crippen molar-refractivity contribution >= 4 is 38.6 Å². The highest BCUT2D eigenvalue weighted by molar-refractivity contribution is 6.11. The van der Waals surface area contributed by atoms with Gasteiger partial charge < -0.3 is 4.90 Å². The van der Waals surface area contributed by atoms with Crippen molar-refractivity contribution in [2.24, 2.45) is 0 Å². The van der Waals surface area contributed by atoms with Crippen molar-refractivity contribution < 1.29 is 0 Å². The van der Waals surface area contributed by atoms with Gasteiger partial charge in [-0.15, -0.1) is 0 Å². The van der Waals surface area contributed by atoms with Crippen LogP contribution in [0.1, 0.15) is 83.3 Å². The van der Waals surface area contributed by atoms with Crippen molar-refractivity contribution in [2.75, 3.05) is 4.90 Å². The summed E-state index contributed by atoms with van der Waals surface area (Å²) in [7, 11) is 0. The van der Waals surface area contributed by atoms with E-state index in [1.54, 1.807) is 0 Å². The van der Waals surface area contributed by atoms with Crippen molar-refractivity contribution in [1.29, 1.82) is 0 Å². The first-order chi connectivity index (χ1) is 30.2. The molecule has 0 saturated carbocycles. The van der Waals surface area contributed by atoms with Gasteiger partial charge in [0, 0.05) is 27.9 Å². The topological polar surface area (TPSA) is 3.24 Å². The van der Waals surface area contributed by atoms with Gasteiger partial charge in [-0.25, -0.2) is 0 Å². The number of hydrogen-bond acceptors (Lipinski definition) is 1. The van der Waals surface area contributed by atoms with E-state index >= 15 is 0 Å². The molecule has 0 fully saturated rings. The van der Waals surface area contributed by atoms with Gasteiger partial charge in [0.15, 0.2) is 0 Å². The summed E-state index contributed by atoms with van der Waals surface area (Å²) in [5.41, 5.74) is 27.0. The Hall–Kier alpha value is -6.70. The van der Waals surface area contributed by atoms with E-state index in [4.69, 9.17) is 0 Å². The third-order valence-electron chi connectivity index (χ3n) is 14.8. The van der Waals surface area contributed by atoms with Crippen molar-refractivity contribution in [1.82, 2.24) is 0 Å². The fourth-order valence-electron chi connectivity index (χ4n) is 11.4. The van der Waals surface area contributed by atoms with Crippen LogP contribution in [-0.4, -0.2) is 0 Å². The highest BCUT2D eigenvalue weighted by Crippen LogP contribution is 2.57. The first-order valence-electron chi connectivity index (χ1n) is 22.7. The minimum atomic E-state index is -0.221. The predicted molar refractivity (Wildman–Crippen MR) is 271 cm³/mol. The normalized spacial score (nSPS) is 14.1. The van der Waals surface area contributed by atoms with E-state index < -0.39 is 0 Å². The molecule has 1 nitrogen and oxygen atoms in total. The maximum atomic E-state index is 2.52. The Morgan fingerprint density at radius 2 is 0.730 bits per heavy atom. The van der Waals surface area contributed by atoms with E-state index in [0.717, 1.165) is 0 Å². The molecule has 0 saturated heterocycles. The molecule has 0 radical (unpaired) electrons. The first kappa shape index (κ1) is 39.2. The first-order valence-corrected chi connectivity index (χ1v) is 22.7. The molecule has 9 aromatic carbocycles. The maximum Gasteiger partial charge on any atom is 0.0490 e. The average molecular weight is 814 g/mol. The molecule has 1 heteroatoms. The fraction of sp³-hybridized carbons (Fsp3) is 0.194. The molecule has 2 aliphatic carbocycles. The van der Waals surface area contributed by atoms with Gasteiger partial charge in [0.05, 0.1) is 0 Å². The summed E-state index contributed by atoms with van der Waals surface area (Å²) in [6.45, 7) is 23.1. The number of nitrogens with zero attached hydrogens (tertiary/aromatic N) is 1. The molecule has 0 bridgehead atoms. The summed E-state index contributed by atoms with van der Waals surface area (Å²) in [6, 6.07) is 58.3. The molecular weight excluding hydrogens is 759 g/mol. The highest BCUT2D eigenvalue weighted by Gasteiger charge is 2.40. The lowest BCUT2D eigenvalue weighted by atomic mass is 9.79. The van der Waals surface area contributed by atoms with Gasteiger partial charge in [-0.1, -0.05) is 154 Å². The van der Waals surface area contributed by atoms with E-state index in [0.29, 0.717) is 0 Å². The van der Waals surface area contributed by atoms with Gasteiger partial charge in [-0.05, 0) is 189 Å². The Bertz CT molecular complexity index is 3210. The molecule has 2 aliphatic rings. The van der Waals surface area contributed by atoms with Gasteiger partial charge in [0.1, 0.15) is 0 Å². The van der Waals surface area contributed by atoms with Crippen molar-refractivity contribution in [3.05, 3.63) is 207 Å². The second-order valence-electron chi connectivity index (χ2n) is 19.8. The number of benzene rings is 9. The smallest absolute Gasteiger partial charge is 0.0490 e. The van der Waals surface area contributed by atoms with Crippen molar-refractivity contribution in [3.63, 3.8) is 0 Å². The van der Waals surface area contributed by atoms with Crippen LogP contribution in [0.2, 0.25) is 0 Å². The third-order valence-corrected chi connectivity index (χ3v) is 14.8. The lowest BCUT2D eigenvalue weighted by Crippen LogP contribution is -2.18. The molecule has 0 atom stereocenters. The Labute approximate surface area is 373 Å². The molecule has 9 aromatic rings. The van der Waals surface area contributed by atoms with E-state index in [1.165, 1.54) is 139 Å². The van der Waals surface area contributed by atoms with Crippen LogP contribution in [0.25, 0.3) is 66.1 Å². The maximum absolute atomic E-state index is 2.52. The highest BCUT2D eigenvalue weighted by atomic mass is 15.1. The summed E-state index contributed by atoms with van der Waals surface area (Å²) < 4.78 is 0. The molecule has 63 heavy (non-hydrogen) atoms. The summed E-state index contributed by atoms with van der Waals surface area (Å²) in [5, 5.41) is 5.27. The number of rotatable bonds is 5. The van der Waals surface area contributed by atoms with Crippen LogP contribution < -0.4 is 4.90 Å². The van der Waals surface area contributed by atoms with Crippen LogP contribution in [0.15, 0.2) is 152 Å². The third kappa shape index (κ3) is 5.82. The summed E-state index contributed by atoms with van der Waals surface area (Å²) >= 11 is 0. The van der Waals surface area contributed by atoms with Crippen LogP contribution in [0.5, 0.6) is 0 Å². The quantitative estimate of drug-likeness (QED) is 0.167. The number of hydrogen-bond donors (Lipinski definition) is 0. The molecular formula is C62H55N. The monoisotopic (exact) mass is 813 g/mol. The number of aryl methyl sites for hydroxylation is 6. The minimum absolute atomic E-state index is 0.221. The van der Waals surface area contributed by atoms with Gasteiger partial charge in [-0.2, -0.15) is 0 Å². The molecule has 0 unspecified atom stereocenters. The van der Waals surface area contributed by atoms with Crippen LogP contribution >= 0.6 is 0 Å². The molecule has 11 rings (SSSR count). The van der Waals surface area contributed by atoms with E-state index in [1.807, 2.05) is 0 Å². The lowest BCUT2D eigenvalue weighted by molar-refractivity contribution is 0.660. The van der Waals surface area contributed by atoms with Crippen LogP contribution in [-0.2, 0) is 10.8 Å². The van der Waals surface area contributed by atoms with E-state index in [9.17, 15) is 0 Å². The number of fused-ring (bicyclic) bond motifs is 10. The van der Waals surface area contributed by atoms with Crippen LogP contribution in [0, 0.1) is 41.5 Å². The molecule has 0 N–H and O–H groups in total. The summed E-state index contributed by atoms with van der Waals surface area (Å²) in [4.78, 5) is 2.52. The zero-order chi connectivity index (χ0) is 43.7. The lowest BCUT2D eigenvalue weighted by Gasteiger charge is -2.31. The standard InChI is InChI=1S/C62H55N/c1-36-21-28-58(41(6)29-36)63(42-24-26-48-54(32-42)61(7,8)56-34-52(50-30-37(2)19-22-39(50)4)44-15-11-13-17-46(44)59(48)56)43-25-27-49-55(33-43)62(9,10)57-35-53(51-31-38(3)20-23-40(51)5)45-16-12-14-18-47(45)60(49)57/h11-35H,1-10H3. The predicted octanol–water partition coefficient (Wildman–Crippen LogP) is 17.3. The number of anilines is 3. The summed E-state index contributed by atoms with van der Waals surface area (Å²) in [5.74, 6) is 0. The SMILES string of the molecule is Cc1ccc(N(c2ccc3c(c2)C(C)(C)c2cc(-c4cc(C)ccc4C)c4ccccc4c2-3)c2ccc3c(c2)C(C)(C)c2cc(-c4cc(C)ccc4C)c4ccccc4c2-3)c(C)c1. The van der Waals surface area contributed by atoms with Gasteiger partial charge in [0.2, 0.25) is 0 Å². The zero-order valence-corrected chi connectivity index (χ0v) is 38.4. The van der Waals surface area contributed by atoms with Crippen molar-refractivity contribution in [3.8, 4) is 44.5 Å². The largest absolute Gasteiger partial charge is 0.310 e. The van der Waals surface area contributed by atoms with Gasteiger partial charge in [0.25, 0.3) is 0 Å². The Morgan fingerprint density at radius 1 is 0.317 bits per heavy atom. The Kier molecular flexibility index (Phi) is 8.64. The van der Waals surface area contributed by atoms with Crippen molar-refractivity contribution in [2.45, 2.75) is 80.1 Å². The molecule has 0 amide bonds. The van der Waals surface area contributed by atoms with Crippen LogP contribution in [0.4, 0.5) is 17.1 Å². The molecule has 0 heterocycles. The molecule has 0 aliphatic heterocycles. The van der Waals surface area contributed by atoms with Crippen LogP contribution in [0.3, 0.4) is 0 Å². The van der Waals surface area contributed by atoms with Gasteiger partial charge in [-0.3, -0.25) is 0 Å². The minimum Gasteiger partial charge on any atom is -0.310 e.